The molecule has 5 heteroatoms. The minimum atomic E-state index is -0.260. The second-order valence-corrected chi connectivity index (χ2v) is 3.51. The molecule has 1 aromatic carbocycles. The van der Waals surface area contributed by atoms with Crippen LogP contribution in [0.1, 0.15) is 5.56 Å². The fourth-order valence-corrected chi connectivity index (χ4v) is 1.67. The van der Waals surface area contributed by atoms with Crippen molar-refractivity contribution in [1.29, 1.82) is 0 Å². The van der Waals surface area contributed by atoms with Crippen LogP contribution in [0, 0.1) is 0 Å². The summed E-state index contributed by atoms with van der Waals surface area (Å²) in [6.07, 6.45) is 0. The first-order valence-electron chi connectivity index (χ1n) is 5.18. The highest BCUT2D eigenvalue weighted by atomic mass is 16.5. The number of nitrogens with two attached hydrogens (primary N) is 1. The Morgan fingerprint density at radius 3 is 2.88 bits per heavy atom. The molecule has 0 saturated heterocycles. The van der Waals surface area contributed by atoms with Crippen molar-refractivity contribution in [3.8, 4) is 17.0 Å². The number of nitrogens with zero attached hydrogens (tertiary/aromatic N) is 1. The average Bonchev–Trinajstić information content (AvgIpc) is 2.38. The van der Waals surface area contributed by atoms with Crippen molar-refractivity contribution in [3.63, 3.8) is 0 Å². The summed E-state index contributed by atoms with van der Waals surface area (Å²) in [6.45, 7) is 0.254. The number of hydrogen-bond donors (Lipinski definition) is 2. The van der Waals surface area contributed by atoms with Gasteiger partial charge in [-0.15, -0.1) is 0 Å². The van der Waals surface area contributed by atoms with Gasteiger partial charge in [-0.3, -0.25) is 4.79 Å². The van der Waals surface area contributed by atoms with E-state index in [2.05, 4.69) is 10.2 Å². The van der Waals surface area contributed by atoms with Gasteiger partial charge in [-0.25, -0.2) is 5.10 Å². The molecular weight excluding hydrogens is 218 g/mol. The Hall–Kier alpha value is -2.14. The summed E-state index contributed by atoms with van der Waals surface area (Å²) < 4.78 is 5.26. The third kappa shape index (κ3) is 2.19. The Bertz CT molecular complexity index is 578. The van der Waals surface area contributed by atoms with E-state index >= 15 is 0 Å². The van der Waals surface area contributed by atoms with Crippen molar-refractivity contribution in [2.75, 3.05) is 7.11 Å². The topological polar surface area (TPSA) is 81.0 Å². The lowest BCUT2D eigenvalue weighted by atomic mass is 10.1. The van der Waals surface area contributed by atoms with Gasteiger partial charge in [0.1, 0.15) is 5.75 Å². The molecule has 0 fully saturated rings. The molecule has 0 saturated carbocycles. The predicted molar refractivity (Wildman–Crippen MR) is 64.7 cm³/mol. The highest BCUT2D eigenvalue weighted by molar-refractivity contribution is 5.69. The van der Waals surface area contributed by atoms with E-state index < -0.39 is 0 Å². The number of rotatable bonds is 3. The molecular formula is C12H13N3O2. The Balaban J connectivity index is 2.63. The first kappa shape index (κ1) is 11.3. The molecule has 5 nitrogen and oxygen atoms in total. The lowest BCUT2D eigenvalue weighted by Gasteiger charge is -2.09. The number of aromatic amines is 1. The van der Waals surface area contributed by atoms with Gasteiger partial charge in [0.25, 0.3) is 5.56 Å². The highest BCUT2D eigenvalue weighted by Gasteiger charge is 2.11. The standard InChI is InChI=1S/C12H13N3O2/c1-17-10-5-3-2-4-9(10)12-8(7-13)6-11(16)14-15-12/h2-6H,7,13H2,1H3,(H,14,16). The summed E-state index contributed by atoms with van der Waals surface area (Å²) in [4.78, 5) is 11.2. The predicted octanol–water partition coefficient (Wildman–Crippen LogP) is 0.904. The van der Waals surface area contributed by atoms with Gasteiger partial charge in [-0.1, -0.05) is 12.1 Å². The van der Waals surface area contributed by atoms with Crippen molar-refractivity contribution in [2.45, 2.75) is 6.54 Å². The fourth-order valence-electron chi connectivity index (χ4n) is 1.67. The van der Waals surface area contributed by atoms with Crippen LogP contribution in [0.5, 0.6) is 5.75 Å². The molecule has 1 heterocycles. The molecule has 2 rings (SSSR count). The number of H-pyrrole nitrogens is 1. The van der Waals surface area contributed by atoms with Crippen LogP contribution in [0.25, 0.3) is 11.3 Å². The summed E-state index contributed by atoms with van der Waals surface area (Å²) in [5.41, 5.74) is 7.50. The molecule has 3 N–H and O–H groups in total. The number of hydrogen-bond acceptors (Lipinski definition) is 4. The number of aromatic nitrogens is 2. The minimum Gasteiger partial charge on any atom is -0.496 e. The number of benzene rings is 1. The first-order chi connectivity index (χ1) is 8.26. The van der Waals surface area contributed by atoms with Gasteiger partial charge in [0, 0.05) is 18.2 Å². The van der Waals surface area contributed by atoms with Crippen molar-refractivity contribution < 1.29 is 4.74 Å². The number of methoxy groups -OCH3 is 1. The zero-order valence-electron chi connectivity index (χ0n) is 9.43. The van der Waals surface area contributed by atoms with E-state index in [-0.39, 0.29) is 12.1 Å². The van der Waals surface area contributed by atoms with Crippen molar-refractivity contribution in [1.82, 2.24) is 10.2 Å². The van der Waals surface area contributed by atoms with Crippen molar-refractivity contribution >= 4 is 0 Å². The van der Waals surface area contributed by atoms with E-state index in [0.29, 0.717) is 17.0 Å². The van der Waals surface area contributed by atoms with E-state index in [0.717, 1.165) is 5.56 Å². The molecule has 0 amide bonds. The molecule has 2 aromatic rings. The Morgan fingerprint density at radius 2 is 2.18 bits per heavy atom. The van der Waals surface area contributed by atoms with Crippen LogP contribution in [0.2, 0.25) is 0 Å². The second-order valence-electron chi connectivity index (χ2n) is 3.51. The van der Waals surface area contributed by atoms with Crippen LogP contribution in [0.3, 0.4) is 0 Å². The van der Waals surface area contributed by atoms with E-state index in [1.807, 2.05) is 24.3 Å². The molecule has 0 bridgehead atoms. The first-order valence-corrected chi connectivity index (χ1v) is 5.18. The van der Waals surface area contributed by atoms with Gasteiger partial charge >= 0.3 is 0 Å². The van der Waals surface area contributed by atoms with Crippen LogP contribution >= 0.6 is 0 Å². The number of nitrogens with one attached hydrogen (secondary N) is 1. The quantitative estimate of drug-likeness (QED) is 0.822. The molecule has 0 aliphatic carbocycles. The Morgan fingerprint density at radius 1 is 1.41 bits per heavy atom. The summed E-state index contributed by atoms with van der Waals surface area (Å²) in [7, 11) is 1.59. The van der Waals surface area contributed by atoms with E-state index in [1.165, 1.54) is 6.07 Å². The molecule has 1 aromatic heterocycles. The minimum absolute atomic E-state index is 0.254. The van der Waals surface area contributed by atoms with E-state index in [4.69, 9.17) is 10.5 Å². The Kier molecular flexibility index (Phi) is 3.20. The molecule has 88 valence electrons. The zero-order valence-corrected chi connectivity index (χ0v) is 9.43. The third-order valence-corrected chi connectivity index (χ3v) is 2.47. The molecule has 0 aliphatic heterocycles. The fraction of sp³-hybridized carbons (Fsp3) is 0.167. The smallest absolute Gasteiger partial charge is 0.264 e. The van der Waals surface area contributed by atoms with E-state index in [1.54, 1.807) is 7.11 Å². The molecule has 0 aliphatic rings. The van der Waals surface area contributed by atoms with Gasteiger partial charge in [0.05, 0.1) is 12.8 Å². The summed E-state index contributed by atoms with van der Waals surface area (Å²) in [5, 5.41) is 6.44. The summed E-state index contributed by atoms with van der Waals surface area (Å²) >= 11 is 0. The molecule has 17 heavy (non-hydrogen) atoms. The van der Waals surface area contributed by atoms with Crippen molar-refractivity contribution in [2.24, 2.45) is 5.73 Å². The van der Waals surface area contributed by atoms with Crippen LogP contribution in [-0.2, 0) is 6.54 Å². The normalized spacial score (nSPS) is 10.2. The van der Waals surface area contributed by atoms with Gasteiger partial charge < -0.3 is 10.5 Å². The van der Waals surface area contributed by atoms with Crippen LogP contribution in [0.15, 0.2) is 35.1 Å². The maximum atomic E-state index is 11.2. The highest BCUT2D eigenvalue weighted by Crippen LogP contribution is 2.29. The number of para-hydroxylation sites is 1. The average molecular weight is 231 g/mol. The second kappa shape index (κ2) is 4.80. The van der Waals surface area contributed by atoms with E-state index in [9.17, 15) is 4.79 Å². The third-order valence-electron chi connectivity index (χ3n) is 2.47. The SMILES string of the molecule is COc1ccccc1-c1n[nH]c(=O)cc1CN. The molecule has 0 spiro atoms. The largest absolute Gasteiger partial charge is 0.496 e. The van der Waals surface area contributed by atoms with Crippen LogP contribution < -0.4 is 16.0 Å². The zero-order chi connectivity index (χ0) is 12.3. The number of ether oxygens (including phenoxy) is 1. The van der Waals surface area contributed by atoms with Gasteiger partial charge in [0.15, 0.2) is 0 Å². The maximum absolute atomic E-state index is 11.2. The van der Waals surface area contributed by atoms with Crippen molar-refractivity contribution in [3.05, 3.63) is 46.2 Å². The van der Waals surface area contributed by atoms with Crippen LogP contribution in [-0.4, -0.2) is 17.3 Å². The summed E-state index contributed by atoms with van der Waals surface area (Å²) in [6, 6.07) is 8.91. The maximum Gasteiger partial charge on any atom is 0.264 e. The van der Waals surface area contributed by atoms with Gasteiger partial charge in [-0.2, -0.15) is 5.10 Å². The Labute approximate surface area is 98.2 Å². The monoisotopic (exact) mass is 231 g/mol. The van der Waals surface area contributed by atoms with Crippen LogP contribution in [0.4, 0.5) is 0 Å². The summed E-state index contributed by atoms with van der Waals surface area (Å²) in [5.74, 6) is 0.696. The lowest BCUT2D eigenvalue weighted by molar-refractivity contribution is 0.416. The molecule has 0 radical (unpaired) electrons. The molecule has 0 unspecified atom stereocenters. The van der Waals surface area contributed by atoms with Gasteiger partial charge in [0.2, 0.25) is 0 Å². The lowest BCUT2D eigenvalue weighted by Crippen LogP contribution is -2.12. The van der Waals surface area contributed by atoms with Gasteiger partial charge in [-0.05, 0) is 17.7 Å². The molecule has 0 atom stereocenters.